The van der Waals surface area contributed by atoms with Crippen molar-refractivity contribution in [3.63, 3.8) is 0 Å². The summed E-state index contributed by atoms with van der Waals surface area (Å²) in [6, 6.07) is 8.16. The van der Waals surface area contributed by atoms with Crippen molar-refractivity contribution in [1.82, 2.24) is 9.96 Å². The molecule has 2 aliphatic heterocycles. The second-order valence-electron chi connectivity index (χ2n) is 6.40. The Hall–Kier alpha value is -1.43. The van der Waals surface area contributed by atoms with Gasteiger partial charge < -0.3 is 10.0 Å². The maximum Gasteiger partial charge on any atom is 0.256 e. The van der Waals surface area contributed by atoms with E-state index < -0.39 is 5.60 Å². The molecule has 2 saturated heterocycles. The Balaban J connectivity index is 1.68. The summed E-state index contributed by atoms with van der Waals surface area (Å²) in [6.07, 6.45) is 2.29. The molecule has 1 amide bonds. The number of nitrogens with zero attached hydrogens (tertiary/aromatic N) is 2. The van der Waals surface area contributed by atoms with Crippen molar-refractivity contribution >= 4 is 5.91 Å². The van der Waals surface area contributed by atoms with Gasteiger partial charge in [0.15, 0.2) is 5.60 Å². The van der Waals surface area contributed by atoms with E-state index in [4.69, 9.17) is 4.84 Å². The van der Waals surface area contributed by atoms with Crippen molar-refractivity contribution in [3.8, 4) is 0 Å². The molecule has 22 heavy (non-hydrogen) atoms. The van der Waals surface area contributed by atoms with E-state index >= 15 is 0 Å². The van der Waals surface area contributed by atoms with Crippen LogP contribution in [-0.4, -0.2) is 52.8 Å². The number of rotatable bonds is 4. The van der Waals surface area contributed by atoms with Crippen LogP contribution >= 0.6 is 0 Å². The number of aliphatic hydroxyl groups is 1. The Labute approximate surface area is 131 Å². The molecule has 1 aromatic rings. The standard InChI is InChI=1S/C17H24N2O3/c1-14-5-2-6-15(11-14)12-18-8-3-7-17(21,16(18)20)13-19-9-4-10-22-19/h2,5-6,11,21H,3-4,7-10,12-13H2,1H3. The third-order valence-electron chi connectivity index (χ3n) is 4.42. The number of aryl methyl sites for hydroxylation is 1. The second kappa shape index (κ2) is 6.36. The molecular formula is C17H24N2O3. The topological polar surface area (TPSA) is 53.0 Å². The van der Waals surface area contributed by atoms with Gasteiger partial charge in [-0.05, 0) is 31.7 Å². The average Bonchev–Trinajstić information content (AvgIpc) is 2.97. The maximum absolute atomic E-state index is 12.7. The van der Waals surface area contributed by atoms with Crippen LogP contribution in [0, 0.1) is 6.92 Å². The predicted octanol–water partition coefficient (Wildman–Crippen LogP) is 1.49. The van der Waals surface area contributed by atoms with Gasteiger partial charge in [0.25, 0.3) is 5.91 Å². The lowest BCUT2D eigenvalue weighted by Crippen LogP contribution is -2.57. The van der Waals surface area contributed by atoms with Crippen molar-refractivity contribution in [1.29, 1.82) is 0 Å². The van der Waals surface area contributed by atoms with Crippen molar-refractivity contribution in [2.24, 2.45) is 0 Å². The number of likely N-dealkylation sites (tertiary alicyclic amines) is 1. The summed E-state index contributed by atoms with van der Waals surface area (Å²) in [7, 11) is 0. The molecule has 0 spiro atoms. The highest BCUT2D eigenvalue weighted by Gasteiger charge is 2.44. The van der Waals surface area contributed by atoms with Crippen LogP contribution in [0.3, 0.4) is 0 Å². The summed E-state index contributed by atoms with van der Waals surface area (Å²) in [5.74, 6) is -0.171. The van der Waals surface area contributed by atoms with Crippen molar-refractivity contribution in [3.05, 3.63) is 35.4 Å². The molecular weight excluding hydrogens is 280 g/mol. The van der Waals surface area contributed by atoms with Crippen LogP contribution in [0.5, 0.6) is 0 Å². The molecule has 1 aromatic carbocycles. The number of carbonyl (C=O) groups excluding carboxylic acids is 1. The molecule has 1 unspecified atom stereocenters. The minimum Gasteiger partial charge on any atom is -0.379 e. The zero-order chi connectivity index (χ0) is 15.6. The number of hydrogen-bond donors (Lipinski definition) is 1. The monoisotopic (exact) mass is 304 g/mol. The molecule has 0 aromatic heterocycles. The molecule has 2 aliphatic rings. The van der Waals surface area contributed by atoms with Gasteiger partial charge in [0.1, 0.15) is 0 Å². The van der Waals surface area contributed by atoms with Crippen molar-refractivity contribution < 1.29 is 14.7 Å². The smallest absolute Gasteiger partial charge is 0.256 e. The summed E-state index contributed by atoms with van der Waals surface area (Å²) in [5.41, 5.74) is 0.976. The highest BCUT2D eigenvalue weighted by Crippen LogP contribution is 2.26. The van der Waals surface area contributed by atoms with Crippen LogP contribution in [0.2, 0.25) is 0 Å². The lowest BCUT2D eigenvalue weighted by molar-refractivity contribution is -0.182. The number of hydrogen-bond acceptors (Lipinski definition) is 4. The highest BCUT2D eigenvalue weighted by molar-refractivity contribution is 5.86. The molecule has 1 atom stereocenters. The fraction of sp³-hybridized carbons (Fsp3) is 0.588. The molecule has 2 fully saturated rings. The normalized spacial score (nSPS) is 26.6. The lowest BCUT2D eigenvalue weighted by atomic mass is 9.91. The molecule has 0 aliphatic carbocycles. The summed E-state index contributed by atoms with van der Waals surface area (Å²) >= 11 is 0. The number of amides is 1. The molecule has 0 radical (unpaired) electrons. The van der Waals surface area contributed by atoms with Crippen LogP contribution in [0.25, 0.3) is 0 Å². The van der Waals surface area contributed by atoms with E-state index in [1.165, 1.54) is 5.56 Å². The van der Waals surface area contributed by atoms with Crippen LogP contribution in [0.15, 0.2) is 24.3 Å². The largest absolute Gasteiger partial charge is 0.379 e. The zero-order valence-electron chi connectivity index (χ0n) is 13.1. The van der Waals surface area contributed by atoms with E-state index in [9.17, 15) is 9.90 Å². The van der Waals surface area contributed by atoms with Gasteiger partial charge in [-0.3, -0.25) is 9.63 Å². The summed E-state index contributed by atoms with van der Waals surface area (Å²) in [4.78, 5) is 19.9. The third-order valence-corrected chi connectivity index (χ3v) is 4.42. The van der Waals surface area contributed by atoms with E-state index in [1.807, 2.05) is 25.1 Å². The number of benzene rings is 1. The van der Waals surface area contributed by atoms with E-state index in [1.54, 1.807) is 9.96 Å². The SMILES string of the molecule is Cc1cccc(CN2CCCC(O)(CN3CCCO3)C2=O)c1. The predicted molar refractivity (Wildman–Crippen MR) is 82.9 cm³/mol. The summed E-state index contributed by atoms with van der Waals surface area (Å²) < 4.78 is 0. The fourth-order valence-electron chi connectivity index (χ4n) is 3.31. The first-order valence-electron chi connectivity index (χ1n) is 8.02. The Morgan fingerprint density at radius 3 is 2.91 bits per heavy atom. The van der Waals surface area contributed by atoms with E-state index in [2.05, 4.69) is 6.07 Å². The highest BCUT2D eigenvalue weighted by atomic mass is 16.7. The van der Waals surface area contributed by atoms with Gasteiger partial charge in [0.05, 0.1) is 13.2 Å². The third kappa shape index (κ3) is 3.32. The summed E-state index contributed by atoms with van der Waals surface area (Å²) in [5, 5.41) is 12.5. The minimum absolute atomic E-state index is 0.171. The number of piperidine rings is 1. The fourth-order valence-corrected chi connectivity index (χ4v) is 3.31. The Bertz CT molecular complexity index is 542. The second-order valence-corrected chi connectivity index (χ2v) is 6.40. The van der Waals surface area contributed by atoms with Gasteiger partial charge in [-0.15, -0.1) is 0 Å². The molecule has 120 valence electrons. The van der Waals surface area contributed by atoms with Gasteiger partial charge in [-0.2, -0.15) is 5.06 Å². The Kier molecular flexibility index (Phi) is 4.47. The van der Waals surface area contributed by atoms with Crippen LogP contribution in [0.1, 0.15) is 30.4 Å². The average molecular weight is 304 g/mol. The molecule has 2 heterocycles. The van der Waals surface area contributed by atoms with E-state index in [0.717, 1.165) is 24.9 Å². The molecule has 1 N–H and O–H groups in total. The first kappa shape index (κ1) is 15.5. The van der Waals surface area contributed by atoms with Crippen molar-refractivity contribution in [2.75, 3.05) is 26.2 Å². The number of carbonyl (C=O) groups is 1. The van der Waals surface area contributed by atoms with Gasteiger partial charge >= 0.3 is 0 Å². The lowest BCUT2D eigenvalue weighted by Gasteiger charge is -2.39. The number of hydroxylamine groups is 2. The van der Waals surface area contributed by atoms with Gasteiger partial charge in [0, 0.05) is 19.6 Å². The zero-order valence-corrected chi connectivity index (χ0v) is 13.1. The molecule has 5 heteroatoms. The molecule has 5 nitrogen and oxygen atoms in total. The molecule has 3 rings (SSSR count). The maximum atomic E-state index is 12.7. The van der Waals surface area contributed by atoms with Crippen LogP contribution in [0.4, 0.5) is 0 Å². The first-order valence-corrected chi connectivity index (χ1v) is 8.02. The van der Waals surface area contributed by atoms with Crippen LogP contribution < -0.4 is 0 Å². The Morgan fingerprint density at radius 2 is 2.18 bits per heavy atom. The van der Waals surface area contributed by atoms with Crippen molar-refractivity contribution in [2.45, 2.75) is 38.3 Å². The first-order chi connectivity index (χ1) is 10.6. The van der Waals surface area contributed by atoms with E-state index in [-0.39, 0.29) is 12.5 Å². The van der Waals surface area contributed by atoms with Gasteiger partial charge in [-0.25, -0.2) is 0 Å². The quantitative estimate of drug-likeness (QED) is 0.915. The minimum atomic E-state index is -1.31. The molecule has 0 saturated carbocycles. The van der Waals surface area contributed by atoms with Gasteiger partial charge in [-0.1, -0.05) is 29.8 Å². The van der Waals surface area contributed by atoms with E-state index in [0.29, 0.717) is 26.1 Å². The molecule has 0 bridgehead atoms. The summed E-state index contributed by atoms with van der Waals surface area (Å²) in [6.45, 7) is 5.04. The van der Waals surface area contributed by atoms with Crippen LogP contribution in [-0.2, 0) is 16.2 Å². The number of β-amino-alcohol motifs (C(OH)–C–C–N with tert-alkyl or cyclic N) is 1. The van der Waals surface area contributed by atoms with Gasteiger partial charge in [0.2, 0.25) is 0 Å². The Morgan fingerprint density at radius 1 is 1.32 bits per heavy atom.